The van der Waals surface area contributed by atoms with E-state index >= 15 is 0 Å². The van der Waals surface area contributed by atoms with E-state index in [1.165, 1.54) is 6.33 Å². The van der Waals surface area contributed by atoms with Crippen molar-refractivity contribution in [3.05, 3.63) is 12.7 Å². The Bertz CT molecular complexity index is 619. The summed E-state index contributed by atoms with van der Waals surface area (Å²) in [4.78, 5) is 12.3. The van der Waals surface area contributed by atoms with Gasteiger partial charge in [0, 0.05) is 0 Å². The van der Waals surface area contributed by atoms with Crippen molar-refractivity contribution in [3.63, 3.8) is 0 Å². The zero-order chi connectivity index (χ0) is 14.3. The molecule has 1 fully saturated rings. The van der Waals surface area contributed by atoms with Gasteiger partial charge in [-0.25, -0.2) is 15.0 Å². The summed E-state index contributed by atoms with van der Waals surface area (Å²) in [7, 11) is 0. The van der Waals surface area contributed by atoms with Gasteiger partial charge in [0.25, 0.3) is 0 Å². The first-order valence-electron chi connectivity index (χ1n) is 6.41. The molecule has 4 atom stereocenters. The molecule has 0 aliphatic heterocycles. The SMILES string of the molecule is CSCC1CC(n2cnc3c(N)ncnc32)C(O)C1O. The molecule has 1 aliphatic carbocycles. The van der Waals surface area contributed by atoms with Crippen molar-refractivity contribution in [2.24, 2.45) is 5.92 Å². The molecule has 0 saturated heterocycles. The second-order valence-electron chi connectivity index (χ2n) is 5.08. The van der Waals surface area contributed by atoms with Crippen LogP contribution < -0.4 is 5.73 Å². The first kappa shape index (κ1) is 13.6. The third-order valence-corrected chi connectivity index (χ3v) is 4.66. The van der Waals surface area contributed by atoms with Crippen LogP contribution in [0.2, 0.25) is 0 Å². The minimum atomic E-state index is -0.819. The Morgan fingerprint density at radius 1 is 1.35 bits per heavy atom. The molecule has 0 amide bonds. The number of nitrogens with two attached hydrogens (primary N) is 1. The van der Waals surface area contributed by atoms with Gasteiger partial charge in [0.05, 0.1) is 18.5 Å². The molecule has 0 bridgehead atoms. The first-order chi connectivity index (χ1) is 9.63. The van der Waals surface area contributed by atoms with Crippen LogP contribution >= 0.6 is 11.8 Å². The highest BCUT2D eigenvalue weighted by Crippen LogP contribution is 2.38. The predicted octanol–water partition coefficient (Wildman–Crippen LogP) is 0.0543. The quantitative estimate of drug-likeness (QED) is 0.734. The Morgan fingerprint density at radius 2 is 2.15 bits per heavy atom. The molecular weight excluding hydrogens is 278 g/mol. The largest absolute Gasteiger partial charge is 0.390 e. The van der Waals surface area contributed by atoms with Crippen LogP contribution in [0.5, 0.6) is 0 Å². The summed E-state index contributed by atoms with van der Waals surface area (Å²) in [6.45, 7) is 0. The van der Waals surface area contributed by atoms with Crippen molar-refractivity contribution < 1.29 is 10.2 Å². The normalized spacial score (nSPS) is 30.1. The summed E-state index contributed by atoms with van der Waals surface area (Å²) in [5.41, 5.74) is 6.89. The van der Waals surface area contributed by atoms with E-state index < -0.39 is 12.2 Å². The zero-order valence-corrected chi connectivity index (χ0v) is 11.9. The molecule has 2 aromatic rings. The topological polar surface area (TPSA) is 110 Å². The standard InChI is InChI=1S/C12H17N5O2S/c1-20-3-6-2-7(10(19)9(6)18)17-5-16-8-11(13)14-4-15-12(8)17/h4-7,9-10,18-19H,2-3H2,1H3,(H2,13,14,15). The Morgan fingerprint density at radius 3 is 2.90 bits per heavy atom. The molecule has 2 heterocycles. The fraction of sp³-hybridized carbons (Fsp3) is 0.583. The summed E-state index contributed by atoms with van der Waals surface area (Å²) >= 11 is 1.67. The minimum absolute atomic E-state index is 0.0710. The maximum atomic E-state index is 10.3. The summed E-state index contributed by atoms with van der Waals surface area (Å²) in [5, 5.41) is 20.4. The van der Waals surface area contributed by atoms with Crippen LogP contribution in [0.15, 0.2) is 12.7 Å². The molecule has 4 N–H and O–H groups in total. The lowest BCUT2D eigenvalue weighted by atomic mass is 10.1. The van der Waals surface area contributed by atoms with Crippen LogP contribution in [0.3, 0.4) is 0 Å². The highest BCUT2D eigenvalue weighted by molar-refractivity contribution is 7.98. The number of aliphatic hydroxyl groups excluding tert-OH is 2. The lowest BCUT2D eigenvalue weighted by Gasteiger charge is -2.18. The number of hydrogen-bond acceptors (Lipinski definition) is 7. The van der Waals surface area contributed by atoms with Crippen molar-refractivity contribution in [1.29, 1.82) is 0 Å². The van der Waals surface area contributed by atoms with E-state index in [1.807, 2.05) is 6.26 Å². The Kier molecular flexibility index (Phi) is 3.53. The molecule has 3 rings (SSSR count). The smallest absolute Gasteiger partial charge is 0.165 e. The monoisotopic (exact) mass is 295 g/mol. The van der Waals surface area contributed by atoms with Crippen LogP contribution in [0.25, 0.3) is 11.2 Å². The highest BCUT2D eigenvalue weighted by Gasteiger charge is 2.42. The summed E-state index contributed by atoms with van der Waals surface area (Å²) in [6.07, 6.45) is 4.14. The van der Waals surface area contributed by atoms with Gasteiger partial charge < -0.3 is 20.5 Å². The van der Waals surface area contributed by atoms with E-state index in [1.54, 1.807) is 22.7 Å². The molecule has 1 saturated carbocycles. The fourth-order valence-corrected chi connectivity index (χ4v) is 3.63. The van der Waals surface area contributed by atoms with Crippen LogP contribution in [-0.4, -0.2) is 53.9 Å². The van der Waals surface area contributed by atoms with E-state index in [2.05, 4.69) is 15.0 Å². The van der Waals surface area contributed by atoms with E-state index in [0.29, 0.717) is 23.4 Å². The minimum Gasteiger partial charge on any atom is -0.390 e. The molecule has 8 heteroatoms. The number of fused-ring (bicyclic) bond motifs is 1. The van der Waals surface area contributed by atoms with Crippen LogP contribution in [0.4, 0.5) is 5.82 Å². The fourth-order valence-electron chi connectivity index (χ4n) is 2.87. The molecule has 2 aromatic heterocycles. The maximum Gasteiger partial charge on any atom is 0.165 e. The lowest BCUT2D eigenvalue weighted by Crippen LogP contribution is -2.30. The summed E-state index contributed by atoms with van der Waals surface area (Å²) < 4.78 is 1.79. The number of anilines is 1. The van der Waals surface area contributed by atoms with Gasteiger partial charge in [-0.1, -0.05) is 0 Å². The molecular formula is C12H17N5O2S. The number of nitrogen functional groups attached to an aromatic ring is 1. The lowest BCUT2D eigenvalue weighted by molar-refractivity contribution is 0.0104. The number of hydrogen-bond donors (Lipinski definition) is 3. The number of imidazole rings is 1. The molecule has 0 spiro atoms. The van der Waals surface area contributed by atoms with Gasteiger partial charge in [0.1, 0.15) is 17.9 Å². The molecule has 1 aliphatic rings. The van der Waals surface area contributed by atoms with Crippen LogP contribution in [0, 0.1) is 5.92 Å². The van der Waals surface area contributed by atoms with Gasteiger partial charge in [0.2, 0.25) is 0 Å². The number of aromatic nitrogens is 4. The molecule has 0 aromatic carbocycles. The van der Waals surface area contributed by atoms with Crippen LogP contribution in [-0.2, 0) is 0 Å². The van der Waals surface area contributed by atoms with Crippen molar-refractivity contribution in [2.45, 2.75) is 24.7 Å². The van der Waals surface area contributed by atoms with Gasteiger partial charge in [-0.05, 0) is 24.3 Å². The van der Waals surface area contributed by atoms with Crippen molar-refractivity contribution in [3.8, 4) is 0 Å². The maximum absolute atomic E-state index is 10.3. The summed E-state index contributed by atoms with van der Waals surface area (Å²) in [5.74, 6) is 1.21. The van der Waals surface area contributed by atoms with Crippen molar-refractivity contribution in [1.82, 2.24) is 19.5 Å². The van der Waals surface area contributed by atoms with Gasteiger partial charge in [-0.2, -0.15) is 11.8 Å². The Balaban J connectivity index is 1.97. The zero-order valence-electron chi connectivity index (χ0n) is 11.0. The van der Waals surface area contributed by atoms with E-state index in [9.17, 15) is 10.2 Å². The molecule has 4 unspecified atom stereocenters. The van der Waals surface area contributed by atoms with Gasteiger partial charge in [-0.3, -0.25) is 0 Å². The summed E-state index contributed by atoms with van der Waals surface area (Å²) in [6, 6.07) is -0.235. The van der Waals surface area contributed by atoms with Crippen molar-refractivity contribution >= 4 is 28.7 Å². The molecule has 108 valence electrons. The van der Waals surface area contributed by atoms with Gasteiger partial charge in [-0.15, -0.1) is 0 Å². The number of rotatable bonds is 3. The van der Waals surface area contributed by atoms with E-state index in [0.717, 1.165) is 5.75 Å². The van der Waals surface area contributed by atoms with Crippen LogP contribution in [0.1, 0.15) is 12.5 Å². The average Bonchev–Trinajstić information content (AvgIpc) is 2.97. The Labute approximate surface area is 120 Å². The van der Waals surface area contributed by atoms with E-state index in [-0.39, 0.29) is 12.0 Å². The molecule has 0 radical (unpaired) electrons. The third-order valence-electron chi connectivity index (χ3n) is 3.90. The second kappa shape index (κ2) is 5.19. The van der Waals surface area contributed by atoms with E-state index in [4.69, 9.17) is 5.73 Å². The van der Waals surface area contributed by atoms with Crippen molar-refractivity contribution in [2.75, 3.05) is 17.7 Å². The van der Waals surface area contributed by atoms with Gasteiger partial charge >= 0.3 is 0 Å². The highest BCUT2D eigenvalue weighted by atomic mass is 32.2. The molecule has 20 heavy (non-hydrogen) atoms. The number of thioether (sulfide) groups is 1. The number of nitrogens with zero attached hydrogens (tertiary/aromatic N) is 4. The Hall–Kier alpha value is -1.38. The third kappa shape index (κ3) is 2.04. The average molecular weight is 295 g/mol. The molecule has 7 nitrogen and oxygen atoms in total. The number of aliphatic hydroxyl groups is 2. The van der Waals surface area contributed by atoms with Gasteiger partial charge in [0.15, 0.2) is 11.5 Å². The first-order valence-corrected chi connectivity index (χ1v) is 7.81. The second-order valence-corrected chi connectivity index (χ2v) is 5.99. The predicted molar refractivity (Wildman–Crippen MR) is 77.3 cm³/mol.